The van der Waals surface area contributed by atoms with E-state index in [1.165, 1.54) is 30.3 Å². The van der Waals surface area contributed by atoms with Gasteiger partial charge in [0.2, 0.25) is 0 Å². The van der Waals surface area contributed by atoms with Crippen molar-refractivity contribution in [2.75, 3.05) is 0 Å². The quantitative estimate of drug-likeness (QED) is 0.620. The van der Waals surface area contributed by atoms with Crippen LogP contribution in [0.5, 0.6) is 0 Å². The summed E-state index contributed by atoms with van der Waals surface area (Å²) in [5.41, 5.74) is -0.201. The van der Waals surface area contributed by atoms with E-state index in [0.717, 1.165) is 11.8 Å². The van der Waals surface area contributed by atoms with Gasteiger partial charge in [0.25, 0.3) is 5.69 Å². The molecule has 102 valence electrons. The van der Waals surface area contributed by atoms with Gasteiger partial charge in [0.15, 0.2) is 0 Å². The summed E-state index contributed by atoms with van der Waals surface area (Å²) < 4.78 is 0. The first kappa shape index (κ1) is 14.3. The molecule has 8 heteroatoms. The third-order valence-electron chi connectivity index (χ3n) is 2.41. The van der Waals surface area contributed by atoms with Gasteiger partial charge >= 0.3 is 5.69 Å². The zero-order valence-corrected chi connectivity index (χ0v) is 11.4. The molecule has 0 saturated heterocycles. The van der Waals surface area contributed by atoms with Crippen molar-refractivity contribution in [1.82, 2.24) is 0 Å². The Balaban J connectivity index is 2.33. The van der Waals surface area contributed by atoms with E-state index in [4.69, 9.17) is 11.6 Å². The van der Waals surface area contributed by atoms with Gasteiger partial charge in [0.05, 0.1) is 14.7 Å². The number of benzene rings is 2. The van der Waals surface area contributed by atoms with Crippen LogP contribution in [-0.4, -0.2) is 9.85 Å². The number of rotatable bonds is 4. The molecular formula is C12H7ClN2O4S. The molecule has 0 aromatic heterocycles. The molecule has 0 N–H and O–H groups in total. The number of hydrogen-bond acceptors (Lipinski definition) is 5. The number of non-ortho nitro benzene ring substituents is 1. The predicted octanol–water partition coefficient (Wildman–Crippen LogP) is 4.31. The smallest absolute Gasteiger partial charge is 0.258 e. The van der Waals surface area contributed by atoms with E-state index in [1.54, 1.807) is 12.1 Å². The van der Waals surface area contributed by atoms with Gasteiger partial charge in [-0.15, -0.1) is 0 Å². The lowest BCUT2D eigenvalue weighted by Crippen LogP contribution is -1.92. The van der Waals surface area contributed by atoms with Crippen molar-refractivity contribution < 1.29 is 9.85 Å². The number of nitro groups is 2. The topological polar surface area (TPSA) is 86.3 Å². The third-order valence-corrected chi connectivity index (χ3v) is 3.77. The van der Waals surface area contributed by atoms with Gasteiger partial charge in [-0.3, -0.25) is 20.2 Å². The zero-order valence-electron chi connectivity index (χ0n) is 9.86. The fourth-order valence-corrected chi connectivity index (χ4v) is 2.77. The third kappa shape index (κ3) is 3.06. The van der Waals surface area contributed by atoms with Gasteiger partial charge in [0.1, 0.15) is 5.02 Å². The molecule has 0 saturated carbocycles. The monoisotopic (exact) mass is 310 g/mol. The Bertz CT molecular complexity index is 676. The van der Waals surface area contributed by atoms with Crippen molar-refractivity contribution >= 4 is 34.7 Å². The van der Waals surface area contributed by atoms with Gasteiger partial charge in [-0.05, 0) is 24.3 Å². The minimum Gasteiger partial charge on any atom is -0.258 e. The van der Waals surface area contributed by atoms with Crippen molar-refractivity contribution in [1.29, 1.82) is 0 Å². The predicted molar refractivity (Wildman–Crippen MR) is 75.3 cm³/mol. The SMILES string of the molecule is O=[N+]([O-])c1ccc(Sc2cccc(Cl)c2[N+](=O)[O-])cc1. The van der Waals surface area contributed by atoms with Crippen molar-refractivity contribution in [3.05, 3.63) is 67.7 Å². The molecule has 0 amide bonds. The fraction of sp³-hybridized carbons (Fsp3) is 0. The van der Waals surface area contributed by atoms with Gasteiger partial charge in [-0.2, -0.15) is 0 Å². The van der Waals surface area contributed by atoms with E-state index >= 15 is 0 Å². The van der Waals surface area contributed by atoms with E-state index in [1.807, 2.05) is 0 Å². The Morgan fingerprint density at radius 3 is 2.15 bits per heavy atom. The summed E-state index contributed by atoms with van der Waals surface area (Å²) in [7, 11) is 0. The number of para-hydroxylation sites is 1. The lowest BCUT2D eigenvalue weighted by atomic mass is 10.3. The number of halogens is 1. The molecule has 0 fully saturated rings. The summed E-state index contributed by atoms with van der Waals surface area (Å²) in [4.78, 5) is 21.5. The average molecular weight is 311 g/mol. The van der Waals surface area contributed by atoms with Crippen molar-refractivity contribution in [2.24, 2.45) is 0 Å². The average Bonchev–Trinajstić information content (AvgIpc) is 2.39. The number of nitro benzene ring substituents is 2. The van der Waals surface area contributed by atoms with E-state index < -0.39 is 9.85 Å². The highest BCUT2D eigenvalue weighted by Crippen LogP contribution is 2.39. The standard InChI is InChI=1S/C12H7ClN2O4S/c13-10-2-1-3-11(12(10)15(18)19)20-9-6-4-8(5-7-9)14(16)17/h1-7H. The van der Waals surface area contributed by atoms with E-state index in [9.17, 15) is 20.2 Å². The molecular weight excluding hydrogens is 304 g/mol. The second kappa shape index (κ2) is 5.89. The molecule has 2 aromatic rings. The maximum atomic E-state index is 11.0. The lowest BCUT2D eigenvalue weighted by molar-refractivity contribution is -0.387. The molecule has 0 heterocycles. The van der Waals surface area contributed by atoms with Crippen LogP contribution in [0.1, 0.15) is 0 Å². The van der Waals surface area contributed by atoms with Crippen LogP contribution < -0.4 is 0 Å². The molecule has 0 bridgehead atoms. The maximum Gasteiger partial charge on any atom is 0.301 e. The molecule has 20 heavy (non-hydrogen) atoms. The minimum absolute atomic E-state index is 0.0325. The second-order valence-electron chi connectivity index (χ2n) is 3.70. The van der Waals surface area contributed by atoms with Crippen LogP contribution in [0, 0.1) is 20.2 Å². The largest absolute Gasteiger partial charge is 0.301 e. The highest BCUT2D eigenvalue weighted by molar-refractivity contribution is 7.99. The van der Waals surface area contributed by atoms with E-state index in [0.29, 0.717) is 9.79 Å². The van der Waals surface area contributed by atoms with Crippen LogP contribution in [-0.2, 0) is 0 Å². The molecule has 0 spiro atoms. The summed E-state index contributed by atoms with van der Waals surface area (Å²) in [5, 5.41) is 21.6. The molecule has 0 atom stereocenters. The maximum absolute atomic E-state index is 11.0. The van der Waals surface area contributed by atoms with Gasteiger partial charge < -0.3 is 0 Å². The van der Waals surface area contributed by atoms with E-state index in [-0.39, 0.29) is 16.4 Å². The molecule has 6 nitrogen and oxygen atoms in total. The highest BCUT2D eigenvalue weighted by Gasteiger charge is 2.19. The van der Waals surface area contributed by atoms with Gasteiger partial charge in [-0.1, -0.05) is 29.4 Å². The first-order chi connectivity index (χ1) is 9.49. The van der Waals surface area contributed by atoms with E-state index in [2.05, 4.69) is 0 Å². The van der Waals surface area contributed by atoms with Crippen LogP contribution in [0.15, 0.2) is 52.3 Å². The van der Waals surface area contributed by atoms with Crippen molar-refractivity contribution in [3.63, 3.8) is 0 Å². The Hall–Kier alpha value is -2.12. The Morgan fingerprint density at radius 1 is 0.950 bits per heavy atom. The van der Waals surface area contributed by atoms with Crippen molar-refractivity contribution in [2.45, 2.75) is 9.79 Å². The molecule has 0 radical (unpaired) electrons. The number of hydrogen-bond donors (Lipinski definition) is 0. The molecule has 0 unspecified atom stereocenters. The first-order valence-corrected chi connectivity index (χ1v) is 6.53. The normalized spacial score (nSPS) is 10.2. The zero-order chi connectivity index (χ0) is 14.7. The second-order valence-corrected chi connectivity index (χ2v) is 5.22. The van der Waals surface area contributed by atoms with Crippen molar-refractivity contribution in [3.8, 4) is 0 Å². The Morgan fingerprint density at radius 2 is 1.60 bits per heavy atom. The van der Waals surface area contributed by atoms with Crippen LogP contribution in [0.25, 0.3) is 0 Å². The Kier molecular flexibility index (Phi) is 4.21. The summed E-state index contributed by atoms with van der Waals surface area (Å²) in [5.74, 6) is 0. The molecule has 2 aromatic carbocycles. The van der Waals surface area contributed by atoms with Crippen LogP contribution >= 0.6 is 23.4 Å². The summed E-state index contributed by atoms with van der Waals surface area (Å²) in [6.07, 6.45) is 0. The van der Waals surface area contributed by atoms with Crippen LogP contribution in [0.2, 0.25) is 5.02 Å². The van der Waals surface area contributed by atoms with Gasteiger partial charge in [-0.25, -0.2) is 0 Å². The number of nitrogens with zero attached hydrogens (tertiary/aromatic N) is 2. The minimum atomic E-state index is -0.546. The molecule has 0 aliphatic heterocycles. The fourth-order valence-electron chi connectivity index (χ4n) is 1.52. The first-order valence-electron chi connectivity index (χ1n) is 5.34. The summed E-state index contributed by atoms with van der Waals surface area (Å²) in [6.45, 7) is 0. The molecule has 0 aliphatic rings. The highest BCUT2D eigenvalue weighted by atomic mass is 35.5. The van der Waals surface area contributed by atoms with Crippen LogP contribution in [0.4, 0.5) is 11.4 Å². The Labute approximate surface area is 122 Å². The summed E-state index contributed by atoms with van der Waals surface area (Å²) in [6, 6.07) is 10.4. The van der Waals surface area contributed by atoms with Gasteiger partial charge in [0, 0.05) is 17.0 Å². The molecule has 2 rings (SSSR count). The summed E-state index contributed by atoms with van der Waals surface area (Å²) >= 11 is 6.94. The molecule has 0 aliphatic carbocycles. The van der Waals surface area contributed by atoms with Crippen LogP contribution in [0.3, 0.4) is 0 Å². The lowest BCUT2D eigenvalue weighted by Gasteiger charge is -2.04.